The molecule has 1 aromatic heterocycles. The maximum Gasteiger partial charge on any atom is 0.435 e. The normalized spacial score (nSPS) is 16.1. The molecule has 34 heavy (non-hydrogen) atoms. The van der Waals surface area contributed by atoms with Crippen LogP contribution in [0, 0.1) is 0 Å². The van der Waals surface area contributed by atoms with Gasteiger partial charge in [-0.3, -0.25) is 0 Å². The number of hydrogen-bond donors (Lipinski definition) is 1. The standard InChI is InChI=1S/C25H25F3N2O4/c1-24(2,3)34-23(32)17-10-4-5-12-19(17)33-20-13-7-11-18-21(20)30(29-22(18)25(26,27)28)15-8-6-9-16(31)14-15/h4-6,8-10,12,14,20,31H,7,11,13H2,1-3H3. The van der Waals surface area contributed by atoms with Gasteiger partial charge in [-0.15, -0.1) is 0 Å². The predicted octanol–water partition coefficient (Wildman–Crippen LogP) is 6.01. The summed E-state index contributed by atoms with van der Waals surface area (Å²) in [6, 6.07) is 12.4. The van der Waals surface area contributed by atoms with Crippen molar-refractivity contribution in [1.82, 2.24) is 9.78 Å². The smallest absolute Gasteiger partial charge is 0.435 e. The largest absolute Gasteiger partial charge is 0.508 e. The first-order valence-electron chi connectivity index (χ1n) is 10.9. The van der Waals surface area contributed by atoms with Gasteiger partial charge in [-0.25, -0.2) is 9.48 Å². The van der Waals surface area contributed by atoms with E-state index < -0.39 is 29.5 Å². The van der Waals surface area contributed by atoms with Gasteiger partial charge in [0.2, 0.25) is 0 Å². The monoisotopic (exact) mass is 474 g/mol. The molecule has 1 aliphatic carbocycles. The molecule has 1 N–H and O–H groups in total. The Bertz CT molecular complexity index is 1210. The second-order valence-electron chi connectivity index (χ2n) is 9.14. The maximum absolute atomic E-state index is 13.8. The van der Waals surface area contributed by atoms with Crippen LogP contribution in [0.2, 0.25) is 0 Å². The van der Waals surface area contributed by atoms with E-state index >= 15 is 0 Å². The van der Waals surface area contributed by atoms with Gasteiger partial charge in [-0.1, -0.05) is 18.2 Å². The minimum absolute atomic E-state index is 0.0573. The number of rotatable bonds is 4. The van der Waals surface area contributed by atoms with Crippen molar-refractivity contribution in [3.63, 3.8) is 0 Å². The van der Waals surface area contributed by atoms with Crippen molar-refractivity contribution >= 4 is 5.97 Å². The van der Waals surface area contributed by atoms with E-state index in [0.29, 0.717) is 12.8 Å². The van der Waals surface area contributed by atoms with Crippen LogP contribution < -0.4 is 4.74 Å². The molecule has 0 spiro atoms. The van der Waals surface area contributed by atoms with Crippen molar-refractivity contribution < 1.29 is 32.5 Å². The van der Waals surface area contributed by atoms with Crippen LogP contribution in [0.4, 0.5) is 13.2 Å². The zero-order chi connectivity index (χ0) is 24.7. The molecule has 0 fully saturated rings. The summed E-state index contributed by atoms with van der Waals surface area (Å²) in [5, 5.41) is 13.8. The number of esters is 1. The zero-order valence-corrected chi connectivity index (χ0v) is 19.0. The number of halogens is 3. The van der Waals surface area contributed by atoms with Gasteiger partial charge in [0.05, 0.1) is 11.4 Å². The average molecular weight is 474 g/mol. The number of nitrogens with zero attached hydrogens (tertiary/aromatic N) is 2. The molecule has 1 atom stereocenters. The van der Waals surface area contributed by atoms with Gasteiger partial charge in [0.1, 0.15) is 28.8 Å². The summed E-state index contributed by atoms with van der Waals surface area (Å²) in [5.41, 5.74) is -0.922. The highest BCUT2D eigenvalue weighted by atomic mass is 19.4. The highest BCUT2D eigenvalue weighted by molar-refractivity contribution is 5.92. The zero-order valence-electron chi connectivity index (χ0n) is 19.0. The van der Waals surface area contributed by atoms with Gasteiger partial charge in [0.25, 0.3) is 0 Å². The molecule has 0 radical (unpaired) electrons. The number of phenols is 1. The summed E-state index contributed by atoms with van der Waals surface area (Å²) in [5.74, 6) is -0.470. The molecule has 3 aromatic rings. The molecular weight excluding hydrogens is 449 g/mol. The lowest BCUT2D eigenvalue weighted by Gasteiger charge is -2.27. The summed E-state index contributed by atoms with van der Waals surface area (Å²) in [6.45, 7) is 5.23. The topological polar surface area (TPSA) is 73.6 Å². The van der Waals surface area contributed by atoms with Gasteiger partial charge in [-0.05, 0) is 64.3 Å². The van der Waals surface area contributed by atoms with E-state index in [-0.39, 0.29) is 40.4 Å². The summed E-state index contributed by atoms with van der Waals surface area (Å²) in [4.78, 5) is 12.7. The number of para-hydroxylation sites is 1. The Labute approximate surface area is 194 Å². The lowest BCUT2D eigenvalue weighted by Crippen LogP contribution is -2.25. The van der Waals surface area contributed by atoms with Crippen LogP contribution in [0.25, 0.3) is 5.69 Å². The average Bonchev–Trinajstić information content (AvgIpc) is 3.14. The lowest BCUT2D eigenvalue weighted by molar-refractivity contribution is -0.142. The van der Waals surface area contributed by atoms with E-state index in [0.717, 1.165) is 0 Å². The fraction of sp³-hybridized carbons (Fsp3) is 0.360. The number of carbonyl (C=O) groups is 1. The number of benzene rings is 2. The van der Waals surface area contributed by atoms with Gasteiger partial charge in [-0.2, -0.15) is 18.3 Å². The third kappa shape index (κ3) is 4.88. The molecule has 0 aliphatic heterocycles. The van der Waals surface area contributed by atoms with Crippen molar-refractivity contribution in [2.75, 3.05) is 0 Å². The minimum Gasteiger partial charge on any atom is -0.508 e. The summed E-state index contributed by atoms with van der Waals surface area (Å²) < 4.78 is 54.3. The molecule has 1 aliphatic rings. The van der Waals surface area contributed by atoms with Crippen LogP contribution in [0.3, 0.4) is 0 Å². The first-order chi connectivity index (χ1) is 15.9. The van der Waals surface area contributed by atoms with Crippen molar-refractivity contribution in [2.24, 2.45) is 0 Å². The Morgan fingerprint density at radius 2 is 1.85 bits per heavy atom. The molecule has 0 saturated heterocycles. The predicted molar refractivity (Wildman–Crippen MR) is 118 cm³/mol. The molecule has 6 nitrogen and oxygen atoms in total. The fourth-order valence-corrected chi connectivity index (χ4v) is 4.03. The molecule has 1 unspecified atom stereocenters. The molecule has 0 bridgehead atoms. The number of ether oxygens (including phenoxy) is 2. The van der Waals surface area contributed by atoms with E-state index in [9.17, 15) is 23.1 Å². The van der Waals surface area contributed by atoms with Crippen LogP contribution in [0.1, 0.15) is 67.0 Å². The maximum atomic E-state index is 13.8. The minimum atomic E-state index is -4.65. The summed E-state index contributed by atoms with van der Waals surface area (Å²) >= 11 is 0. The Morgan fingerprint density at radius 3 is 2.53 bits per heavy atom. The van der Waals surface area contributed by atoms with Crippen molar-refractivity contribution in [3.05, 3.63) is 71.0 Å². The second kappa shape index (κ2) is 8.70. The Hall–Kier alpha value is -3.49. The van der Waals surface area contributed by atoms with Gasteiger partial charge in [0, 0.05) is 11.6 Å². The number of aromatic hydroxyl groups is 1. The molecule has 4 rings (SSSR count). The SMILES string of the molecule is CC(C)(C)OC(=O)c1ccccc1OC1CCCc2c(C(F)(F)F)nn(-c3cccc(O)c3)c21. The third-order valence-electron chi connectivity index (χ3n) is 5.34. The van der Waals surface area contributed by atoms with E-state index in [2.05, 4.69) is 5.10 Å². The van der Waals surface area contributed by atoms with E-state index in [1.165, 1.54) is 22.9 Å². The molecule has 180 valence electrons. The first kappa shape index (κ1) is 23.7. The Morgan fingerprint density at radius 1 is 1.12 bits per heavy atom. The quantitative estimate of drug-likeness (QED) is 0.469. The first-order valence-corrected chi connectivity index (χ1v) is 10.9. The van der Waals surface area contributed by atoms with Crippen molar-refractivity contribution in [1.29, 1.82) is 0 Å². The highest BCUT2D eigenvalue weighted by Crippen LogP contribution is 2.42. The van der Waals surface area contributed by atoms with E-state index in [4.69, 9.17) is 9.47 Å². The molecule has 0 amide bonds. The number of alkyl halides is 3. The number of hydrogen-bond acceptors (Lipinski definition) is 5. The lowest BCUT2D eigenvalue weighted by atomic mass is 9.92. The van der Waals surface area contributed by atoms with Crippen LogP contribution in [0.15, 0.2) is 48.5 Å². The molecule has 2 aromatic carbocycles. The van der Waals surface area contributed by atoms with Crippen LogP contribution in [0.5, 0.6) is 11.5 Å². The summed E-state index contributed by atoms with van der Waals surface area (Å²) in [7, 11) is 0. The number of phenolic OH excluding ortho intramolecular Hbond substituents is 1. The fourth-order valence-electron chi connectivity index (χ4n) is 4.03. The highest BCUT2D eigenvalue weighted by Gasteiger charge is 2.42. The van der Waals surface area contributed by atoms with Crippen LogP contribution in [-0.4, -0.2) is 26.5 Å². The number of fused-ring (bicyclic) bond motifs is 1. The Kier molecular flexibility index (Phi) is 6.05. The van der Waals surface area contributed by atoms with Gasteiger partial charge < -0.3 is 14.6 Å². The Balaban J connectivity index is 1.79. The van der Waals surface area contributed by atoms with E-state index in [1.807, 2.05) is 0 Å². The van der Waals surface area contributed by atoms with E-state index in [1.54, 1.807) is 51.1 Å². The molecular formula is C25H25F3N2O4. The molecule has 0 saturated carbocycles. The summed E-state index contributed by atoms with van der Waals surface area (Å²) in [6.07, 6.45) is -4.37. The number of aromatic nitrogens is 2. The number of carbonyl (C=O) groups excluding carboxylic acids is 1. The van der Waals surface area contributed by atoms with Gasteiger partial charge in [0.15, 0.2) is 5.69 Å². The third-order valence-corrected chi connectivity index (χ3v) is 5.34. The second-order valence-corrected chi connectivity index (χ2v) is 9.14. The van der Waals surface area contributed by atoms with Crippen molar-refractivity contribution in [2.45, 2.75) is 57.9 Å². The molecule has 1 heterocycles. The molecule has 9 heteroatoms. The van der Waals surface area contributed by atoms with Crippen LogP contribution >= 0.6 is 0 Å². The van der Waals surface area contributed by atoms with Crippen molar-refractivity contribution in [3.8, 4) is 17.2 Å². The van der Waals surface area contributed by atoms with Gasteiger partial charge >= 0.3 is 12.1 Å². The van der Waals surface area contributed by atoms with Crippen LogP contribution in [-0.2, 0) is 17.3 Å².